The zero-order chi connectivity index (χ0) is 8.43. The van der Waals surface area contributed by atoms with E-state index in [-0.39, 0.29) is 18.6 Å². The number of likely N-dealkylation sites (tertiary alicyclic amines) is 1. The lowest BCUT2D eigenvalue weighted by molar-refractivity contribution is -0.130. The summed E-state index contributed by atoms with van der Waals surface area (Å²) in [5.74, 6) is 0.615. The van der Waals surface area contributed by atoms with Gasteiger partial charge in [0.2, 0.25) is 5.91 Å². The fraction of sp³-hybridized carbons (Fsp3) is 0.875. The Balaban J connectivity index is 2.57. The van der Waals surface area contributed by atoms with E-state index in [1.807, 2.05) is 0 Å². The van der Waals surface area contributed by atoms with E-state index in [1.165, 1.54) is 0 Å². The van der Waals surface area contributed by atoms with Gasteiger partial charge in [-0.15, -0.1) is 0 Å². The highest BCUT2D eigenvalue weighted by Crippen LogP contribution is 2.21. The predicted octanol–water partition coefficient (Wildman–Crippen LogP) is 0.236. The first kappa shape index (κ1) is 8.53. The van der Waals surface area contributed by atoms with E-state index in [1.54, 1.807) is 11.8 Å². The van der Waals surface area contributed by atoms with Crippen LogP contribution < -0.4 is 0 Å². The van der Waals surface area contributed by atoms with Crippen LogP contribution >= 0.6 is 0 Å². The van der Waals surface area contributed by atoms with Gasteiger partial charge in [0, 0.05) is 13.5 Å². The van der Waals surface area contributed by atoms with Crippen LogP contribution in [-0.2, 0) is 4.79 Å². The van der Waals surface area contributed by atoms with E-state index in [4.69, 9.17) is 5.11 Å². The van der Waals surface area contributed by atoms with E-state index in [0.29, 0.717) is 5.92 Å². The molecule has 1 aliphatic heterocycles. The van der Waals surface area contributed by atoms with Gasteiger partial charge in [0.1, 0.15) is 0 Å². The summed E-state index contributed by atoms with van der Waals surface area (Å²) < 4.78 is 0. The van der Waals surface area contributed by atoms with Crippen molar-refractivity contribution in [1.82, 2.24) is 4.90 Å². The molecule has 3 heteroatoms. The number of carbonyl (C=O) groups excluding carboxylic acids is 1. The lowest BCUT2D eigenvalue weighted by Gasteiger charge is -2.20. The molecule has 11 heavy (non-hydrogen) atoms. The lowest BCUT2D eigenvalue weighted by Crippen LogP contribution is -2.35. The zero-order valence-corrected chi connectivity index (χ0v) is 7.08. The molecule has 0 aromatic carbocycles. The van der Waals surface area contributed by atoms with Gasteiger partial charge in [-0.3, -0.25) is 4.79 Å². The number of hydrogen-bond donors (Lipinski definition) is 1. The molecule has 0 bridgehead atoms. The van der Waals surface area contributed by atoms with Crippen molar-refractivity contribution < 1.29 is 9.90 Å². The van der Waals surface area contributed by atoms with E-state index < -0.39 is 0 Å². The second-order valence-electron chi connectivity index (χ2n) is 3.35. The number of hydrogen-bond acceptors (Lipinski definition) is 2. The molecule has 1 rings (SSSR count). The molecule has 3 nitrogen and oxygen atoms in total. The summed E-state index contributed by atoms with van der Waals surface area (Å²) in [6.07, 6.45) is 0.941. The van der Waals surface area contributed by atoms with Crippen LogP contribution in [0.3, 0.4) is 0 Å². The van der Waals surface area contributed by atoms with Crippen LogP contribution in [0.25, 0.3) is 0 Å². The van der Waals surface area contributed by atoms with Crippen LogP contribution in [-0.4, -0.2) is 35.1 Å². The smallest absolute Gasteiger partial charge is 0.219 e. The van der Waals surface area contributed by atoms with E-state index >= 15 is 0 Å². The quantitative estimate of drug-likeness (QED) is 0.592. The molecule has 1 heterocycles. The van der Waals surface area contributed by atoms with Gasteiger partial charge in [-0.1, -0.05) is 6.92 Å². The Morgan fingerprint density at radius 2 is 2.36 bits per heavy atom. The Bertz CT molecular complexity index is 158. The fourth-order valence-corrected chi connectivity index (χ4v) is 1.71. The molecule has 1 aliphatic rings. The second-order valence-corrected chi connectivity index (χ2v) is 3.35. The molecule has 1 fully saturated rings. The van der Waals surface area contributed by atoms with Crippen molar-refractivity contribution in [3.05, 3.63) is 0 Å². The maximum atomic E-state index is 11.0. The van der Waals surface area contributed by atoms with Crippen molar-refractivity contribution in [2.24, 2.45) is 5.92 Å². The van der Waals surface area contributed by atoms with Gasteiger partial charge in [-0.05, 0) is 12.3 Å². The third kappa shape index (κ3) is 1.71. The molecule has 2 unspecified atom stereocenters. The second kappa shape index (κ2) is 3.22. The number of aliphatic hydroxyl groups is 1. The number of nitrogens with zero attached hydrogens (tertiary/aromatic N) is 1. The fourth-order valence-electron chi connectivity index (χ4n) is 1.71. The predicted molar refractivity (Wildman–Crippen MR) is 42.0 cm³/mol. The summed E-state index contributed by atoms with van der Waals surface area (Å²) in [7, 11) is 0. The summed E-state index contributed by atoms with van der Waals surface area (Å²) in [6.45, 7) is 4.57. The number of amides is 1. The normalized spacial score (nSPS) is 31.0. The zero-order valence-electron chi connectivity index (χ0n) is 7.08. The Morgan fingerprint density at radius 3 is 2.73 bits per heavy atom. The van der Waals surface area contributed by atoms with Crippen LogP contribution in [0.1, 0.15) is 20.3 Å². The molecule has 0 saturated carbocycles. The first-order valence-electron chi connectivity index (χ1n) is 4.03. The van der Waals surface area contributed by atoms with Crippen LogP contribution in [0.5, 0.6) is 0 Å². The maximum absolute atomic E-state index is 11.0. The van der Waals surface area contributed by atoms with Gasteiger partial charge in [-0.2, -0.15) is 0 Å². The van der Waals surface area contributed by atoms with Gasteiger partial charge < -0.3 is 10.0 Å². The molecule has 0 spiro atoms. The third-order valence-electron chi connectivity index (χ3n) is 2.24. The molecular weight excluding hydrogens is 142 g/mol. The van der Waals surface area contributed by atoms with E-state index in [9.17, 15) is 4.79 Å². The highest BCUT2D eigenvalue weighted by atomic mass is 16.3. The Kier molecular flexibility index (Phi) is 2.49. The van der Waals surface area contributed by atoms with Crippen molar-refractivity contribution in [2.45, 2.75) is 26.3 Å². The van der Waals surface area contributed by atoms with E-state index in [0.717, 1.165) is 13.0 Å². The van der Waals surface area contributed by atoms with Gasteiger partial charge in [0.15, 0.2) is 0 Å². The number of rotatable bonds is 1. The lowest BCUT2D eigenvalue weighted by atomic mass is 10.1. The highest BCUT2D eigenvalue weighted by Gasteiger charge is 2.30. The topological polar surface area (TPSA) is 40.5 Å². The van der Waals surface area contributed by atoms with Crippen molar-refractivity contribution in [1.29, 1.82) is 0 Å². The maximum Gasteiger partial charge on any atom is 0.219 e. The van der Waals surface area contributed by atoms with Crippen LogP contribution in [0, 0.1) is 5.92 Å². The molecule has 1 N–H and O–H groups in total. The first-order valence-corrected chi connectivity index (χ1v) is 4.03. The minimum absolute atomic E-state index is 0.0718. The average Bonchev–Trinajstić information content (AvgIpc) is 2.30. The highest BCUT2D eigenvalue weighted by molar-refractivity contribution is 5.73. The molecule has 1 saturated heterocycles. The molecular formula is C8H15NO2. The van der Waals surface area contributed by atoms with Crippen LogP contribution in [0.15, 0.2) is 0 Å². The Labute approximate surface area is 67.0 Å². The molecule has 0 aliphatic carbocycles. The van der Waals surface area contributed by atoms with Crippen molar-refractivity contribution in [3.63, 3.8) is 0 Å². The molecule has 0 radical (unpaired) electrons. The SMILES string of the molecule is CC(=O)N1CC(C)CC1CO. The van der Waals surface area contributed by atoms with Crippen LogP contribution in [0.4, 0.5) is 0 Å². The monoisotopic (exact) mass is 157 g/mol. The molecule has 0 aromatic heterocycles. The van der Waals surface area contributed by atoms with Crippen molar-refractivity contribution in [2.75, 3.05) is 13.2 Å². The Hall–Kier alpha value is -0.570. The summed E-state index contributed by atoms with van der Waals surface area (Å²) in [4.78, 5) is 12.7. The Morgan fingerprint density at radius 1 is 1.73 bits per heavy atom. The van der Waals surface area contributed by atoms with Gasteiger partial charge in [0.25, 0.3) is 0 Å². The van der Waals surface area contributed by atoms with Gasteiger partial charge >= 0.3 is 0 Å². The largest absolute Gasteiger partial charge is 0.394 e. The minimum atomic E-state index is 0.0718. The number of carbonyl (C=O) groups is 1. The van der Waals surface area contributed by atoms with Crippen LogP contribution in [0.2, 0.25) is 0 Å². The standard InChI is InChI=1S/C8H15NO2/c1-6-3-8(5-10)9(4-6)7(2)11/h6,8,10H,3-5H2,1-2H3. The first-order chi connectivity index (χ1) is 5.15. The molecule has 1 amide bonds. The summed E-state index contributed by atoms with van der Waals surface area (Å²) >= 11 is 0. The summed E-state index contributed by atoms with van der Waals surface area (Å²) in [5.41, 5.74) is 0. The van der Waals surface area contributed by atoms with Gasteiger partial charge in [-0.25, -0.2) is 0 Å². The van der Waals surface area contributed by atoms with Crippen molar-refractivity contribution in [3.8, 4) is 0 Å². The minimum Gasteiger partial charge on any atom is -0.394 e. The van der Waals surface area contributed by atoms with Gasteiger partial charge in [0.05, 0.1) is 12.6 Å². The molecule has 2 atom stereocenters. The third-order valence-corrected chi connectivity index (χ3v) is 2.24. The molecule has 64 valence electrons. The number of aliphatic hydroxyl groups excluding tert-OH is 1. The average molecular weight is 157 g/mol. The van der Waals surface area contributed by atoms with Crippen molar-refractivity contribution >= 4 is 5.91 Å². The summed E-state index contributed by atoms with van der Waals surface area (Å²) in [5, 5.41) is 8.91. The molecule has 0 aromatic rings. The van der Waals surface area contributed by atoms with E-state index in [2.05, 4.69) is 6.92 Å². The summed E-state index contributed by atoms with van der Waals surface area (Å²) in [6, 6.07) is 0.0718.